The maximum absolute atomic E-state index is 13.6. The third-order valence-corrected chi connectivity index (χ3v) is 6.40. The number of carboxylic acid groups (broad SMARTS) is 1. The smallest absolute Gasteiger partial charge is 0.326 e. The number of nitrogens with two attached hydrogens (primary N) is 1. The molecular formula is C26H35N7O6. The van der Waals surface area contributed by atoms with Gasteiger partial charge in [-0.15, -0.1) is 0 Å². The molecule has 3 amide bonds. The Morgan fingerprint density at radius 2 is 1.59 bits per heavy atom. The van der Waals surface area contributed by atoms with E-state index in [1.807, 2.05) is 24.3 Å². The van der Waals surface area contributed by atoms with Crippen LogP contribution in [0.1, 0.15) is 32.0 Å². The van der Waals surface area contributed by atoms with Crippen LogP contribution in [-0.2, 0) is 32.0 Å². The maximum Gasteiger partial charge on any atom is 0.326 e. The van der Waals surface area contributed by atoms with Gasteiger partial charge < -0.3 is 41.9 Å². The lowest BCUT2D eigenvalue weighted by atomic mass is 10.0. The Balaban J connectivity index is 1.88. The van der Waals surface area contributed by atoms with Crippen molar-refractivity contribution in [2.24, 2.45) is 11.7 Å². The molecule has 3 rings (SSSR count). The van der Waals surface area contributed by atoms with Crippen molar-refractivity contribution in [3.05, 3.63) is 54.2 Å². The molecule has 0 spiro atoms. The molecule has 1 aromatic carbocycles. The number of H-pyrrole nitrogens is 2. The maximum atomic E-state index is 13.6. The van der Waals surface area contributed by atoms with Crippen LogP contribution >= 0.6 is 0 Å². The number of hydrogen-bond donors (Lipinski definition) is 8. The molecule has 13 nitrogen and oxygen atoms in total. The van der Waals surface area contributed by atoms with Crippen molar-refractivity contribution in [1.29, 1.82) is 0 Å². The number of aromatic nitrogens is 3. The van der Waals surface area contributed by atoms with Crippen LogP contribution < -0.4 is 21.7 Å². The molecule has 5 unspecified atom stereocenters. The van der Waals surface area contributed by atoms with Gasteiger partial charge in [0.25, 0.3) is 0 Å². The highest BCUT2D eigenvalue weighted by molar-refractivity contribution is 5.95. The van der Waals surface area contributed by atoms with Gasteiger partial charge in [-0.25, -0.2) is 9.78 Å². The third kappa shape index (κ3) is 7.65. The highest BCUT2D eigenvalue weighted by Gasteiger charge is 2.32. The van der Waals surface area contributed by atoms with E-state index in [1.165, 1.54) is 19.4 Å². The summed E-state index contributed by atoms with van der Waals surface area (Å²) >= 11 is 0. The van der Waals surface area contributed by atoms with Gasteiger partial charge in [-0.1, -0.05) is 32.0 Å². The van der Waals surface area contributed by atoms with E-state index in [1.54, 1.807) is 20.0 Å². The van der Waals surface area contributed by atoms with Crippen molar-refractivity contribution in [3.8, 4) is 0 Å². The number of rotatable bonds is 13. The van der Waals surface area contributed by atoms with Crippen molar-refractivity contribution >= 4 is 34.6 Å². The zero-order valence-corrected chi connectivity index (χ0v) is 22.0. The highest BCUT2D eigenvalue weighted by atomic mass is 16.4. The van der Waals surface area contributed by atoms with Crippen LogP contribution in [0.3, 0.4) is 0 Å². The van der Waals surface area contributed by atoms with Gasteiger partial charge in [-0.2, -0.15) is 0 Å². The minimum absolute atomic E-state index is 0.0110. The topological polar surface area (TPSA) is 215 Å². The van der Waals surface area contributed by atoms with Crippen LogP contribution in [0.5, 0.6) is 0 Å². The van der Waals surface area contributed by atoms with E-state index in [-0.39, 0.29) is 12.8 Å². The molecule has 9 N–H and O–H groups in total. The van der Waals surface area contributed by atoms with Crippen LogP contribution in [0, 0.1) is 5.92 Å². The van der Waals surface area contributed by atoms with Gasteiger partial charge in [0.05, 0.1) is 12.4 Å². The van der Waals surface area contributed by atoms with E-state index in [0.29, 0.717) is 5.69 Å². The molecular weight excluding hydrogens is 506 g/mol. The number of aliphatic hydroxyl groups is 1. The van der Waals surface area contributed by atoms with Crippen molar-refractivity contribution in [2.75, 3.05) is 0 Å². The monoisotopic (exact) mass is 541 g/mol. The van der Waals surface area contributed by atoms with Crippen molar-refractivity contribution in [3.63, 3.8) is 0 Å². The molecule has 39 heavy (non-hydrogen) atoms. The lowest BCUT2D eigenvalue weighted by molar-refractivity contribution is -0.143. The fourth-order valence-electron chi connectivity index (χ4n) is 4.08. The zero-order chi connectivity index (χ0) is 28.7. The van der Waals surface area contributed by atoms with Crippen LogP contribution in [0.4, 0.5) is 0 Å². The van der Waals surface area contributed by atoms with E-state index in [9.17, 15) is 29.4 Å². The number of hydrogen-bond acceptors (Lipinski definition) is 7. The van der Waals surface area contributed by atoms with E-state index >= 15 is 0 Å². The summed E-state index contributed by atoms with van der Waals surface area (Å²) in [5.74, 6) is -3.77. The Labute approximate surface area is 225 Å². The number of aliphatic hydroxyl groups excluding tert-OH is 1. The number of benzene rings is 1. The summed E-state index contributed by atoms with van der Waals surface area (Å²) in [6.45, 7) is 4.66. The average Bonchev–Trinajstić information content (AvgIpc) is 3.55. The number of imidazole rings is 1. The molecule has 0 aliphatic heterocycles. The molecule has 0 bridgehead atoms. The van der Waals surface area contributed by atoms with E-state index < -0.39 is 59.9 Å². The Kier molecular flexibility index (Phi) is 9.79. The summed E-state index contributed by atoms with van der Waals surface area (Å²) in [5, 5.41) is 27.9. The predicted molar refractivity (Wildman–Crippen MR) is 142 cm³/mol. The SMILES string of the molecule is CC(C)C(NC(=O)C(Cc1cnc[nH]1)NC(=O)C(Cc1c[nH]c2ccccc12)NC(=O)C(N)C(C)O)C(=O)O. The van der Waals surface area contributed by atoms with Gasteiger partial charge in [0, 0.05) is 41.8 Å². The summed E-state index contributed by atoms with van der Waals surface area (Å²) in [5.41, 5.74) is 7.89. The first-order valence-electron chi connectivity index (χ1n) is 12.6. The number of nitrogens with one attached hydrogen (secondary N) is 5. The number of aliphatic carboxylic acids is 1. The van der Waals surface area contributed by atoms with Crippen molar-refractivity contribution in [1.82, 2.24) is 30.9 Å². The fraction of sp³-hybridized carbons (Fsp3) is 0.423. The van der Waals surface area contributed by atoms with Crippen LogP contribution in [0.2, 0.25) is 0 Å². The quantitative estimate of drug-likeness (QED) is 0.142. The molecule has 0 saturated carbocycles. The normalized spacial score (nSPS) is 15.2. The molecule has 2 aromatic heterocycles. The molecule has 13 heteroatoms. The molecule has 0 radical (unpaired) electrons. The number of carbonyl (C=O) groups excluding carboxylic acids is 3. The Morgan fingerprint density at radius 1 is 0.949 bits per heavy atom. The third-order valence-electron chi connectivity index (χ3n) is 6.40. The highest BCUT2D eigenvalue weighted by Crippen LogP contribution is 2.19. The average molecular weight is 542 g/mol. The fourth-order valence-corrected chi connectivity index (χ4v) is 4.08. The molecule has 0 fully saturated rings. The lowest BCUT2D eigenvalue weighted by Crippen LogP contribution is -2.59. The minimum atomic E-state index is -1.28. The molecule has 2 heterocycles. The van der Waals surface area contributed by atoms with Gasteiger partial charge in [-0.05, 0) is 24.5 Å². The van der Waals surface area contributed by atoms with E-state index in [4.69, 9.17) is 5.73 Å². The molecule has 3 aromatic rings. The van der Waals surface area contributed by atoms with Crippen molar-refractivity contribution in [2.45, 2.75) is 63.9 Å². The van der Waals surface area contributed by atoms with Crippen LogP contribution in [-0.4, -0.2) is 79.1 Å². The molecule has 210 valence electrons. The Morgan fingerprint density at radius 3 is 2.21 bits per heavy atom. The van der Waals surface area contributed by atoms with E-state index in [2.05, 4.69) is 30.9 Å². The van der Waals surface area contributed by atoms with Gasteiger partial charge >= 0.3 is 5.97 Å². The summed E-state index contributed by atoms with van der Waals surface area (Å²) < 4.78 is 0. The minimum Gasteiger partial charge on any atom is -0.480 e. The number of carboxylic acids is 1. The second kappa shape index (κ2) is 13.0. The summed E-state index contributed by atoms with van der Waals surface area (Å²) in [6.07, 6.45) is 3.50. The Bertz CT molecular complexity index is 1290. The first kappa shape index (κ1) is 29.3. The standard InChI is InChI=1S/C26H35N7O6/c1-13(2)22(26(38)39)33-24(36)20(9-16-11-28-12-30-16)31-23(35)19(32-25(37)21(27)14(3)34)8-15-10-29-18-7-5-4-6-17(15)18/h4-7,10-14,19-22,29,34H,8-9,27H2,1-3H3,(H,28,30)(H,31,35)(H,32,37)(H,33,36)(H,38,39). The molecule has 0 saturated heterocycles. The van der Waals surface area contributed by atoms with Crippen LogP contribution in [0.15, 0.2) is 43.0 Å². The second-order valence-corrected chi connectivity index (χ2v) is 9.80. The molecule has 0 aliphatic rings. The second-order valence-electron chi connectivity index (χ2n) is 9.80. The first-order chi connectivity index (χ1) is 18.5. The number of carbonyl (C=O) groups is 4. The van der Waals surface area contributed by atoms with Gasteiger partial charge in [0.2, 0.25) is 17.7 Å². The summed E-state index contributed by atoms with van der Waals surface area (Å²) in [4.78, 5) is 61.1. The number of nitrogens with zero attached hydrogens (tertiary/aromatic N) is 1. The van der Waals surface area contributed by atoms with Crippen LogP contribution in [0.25, 0.3) is 10.9 Å². The van der Waals surface area contributed by atoms with Gasteiger partial charge in [0.15, 0.2) is 0 Å². The lowest BCUT2D eigenvalue weighted by Gasteiger charge is -2.26. The van der Waals surface area contributed by atoms with Gasteiger partial charge in [0.1, 0.15) is 24.2 Å². The number of fused-ring (bicyclic) bond motifs is 1. The van der Waals surface area contributed by atoms with E-state index in [0.717, 1.165) is 16.5 Å². The largest absolute Gasteiger partial charge is 0.480 e. The molecule has 5 atom stereocenters. The number of amides is 3. The number of aromatic amines is 2. The Hall–Kier alpha value is -4.23. The van der Waals surface area contributed by atoms with Crippen molar-refractivity contribution < 1.29 is 29.4 Å². The van der Waals surface area contributed by atoms with Gasteiger partial charge in [-0.3, -0.25) is 14.4 Å². The summed E-state index contributed by atoms with van der Waals surface area (Å²) in [6, 6.07) is 2.62. The first-order valence-corrected chi connectivity index (χ1v) is 12.6. The number of para-hydroxylation sites is 1. The summed E-state index contributed by atoms with van der Waals surface area (Å²) in [7, 11) is 0. The molecule has 0 aliphatic carbocycles. The predicted octanol–water partition coefficient (Wildman–Crippen LogP) is -0.421. The zero-order valence-electron chi connectivity index (χ0n) is 22.0.